The molecule has 5 heteroatoms. The van der Waals surface area contributed by atoms with Gasteiger partial charge in [0.1, 0.15) is 5.82 Å². The molecule has 0 amide bonds. The van der Waals surface area contributed by atoms with Gasteiger partial charge in [-0.3, -0.25) is 0 Å². The van der Waals surface area contributed by atoms with Crippen LogP contribution in [0.3, 0.4) is 0 Å². The first-order chi connectivity index (χ1) is 8.95. The van der Waals surface area contributed by atoms with Crippen molar-refractivity contribution in [3.8, 4) is 0 Å². The Morgan fingerprint density at radius 3 is 2.26 bits per heavy atom. The Labute approximate surface area is 109 Å². The van der Waals surface area contributed by atoms with E-state index < -0.39 is 23.1 Å². The smallest absolute Gasteiger partial charge is 0.161 e. The SMILES string of the molecule is OC1(Cc2cc(F)c(F)cc2F)CC2CCC(C1)N2. The van der Waals surface area contributed by atoms with Crippen molar-refractivity contribution in [2.45, 2.75) is 49.8 Å². The van der Waals surface area contributed by atoms with Gasteiger partial charge in [-0.05, 0) is 37.3 Å². The van der Waals surface area contributed by atoms with E-state index in [-0.39, 0.29) is 24.1 Å². The lowest BCUT2D eigenvalue weighted by atomic mass is 9.82. The molecule has 0 spiro atoms. The van der Waals surface area contributed by atoms with Gasteiger partial charge in [0.05, 0.1) is 5.60 Å². The normalized spacial score (nSPS) is 33.7. The van der Waals surface area contributed by atoms with E-state index in [4.69, 9.17) is 0 Å². The number of halogens is 3. The van der Waals surface area contributed by atoms with Gasteiger partial charge in [0, 0.05) is 24.6 Å². The molecule has 104 valence electrons. The van der Waals surface area contributed by atoms with Crippen LogP contribution in [0.2, 0.25) is 0 Å². The van der Waals surface area contributed by atoms with Gasteiger partial charge in [-0.15, -0.1) is 0 Å². The minimum Gasteiger partial charge on any atom is -0.389 e. The van der Waals surface area contributed by atoms with E-state index in [1.165, 1.54) is 0 Å². The Bertz CT molecular complexity index is 494. The van der Waals surface area contributed by atoms with Gasteiger partial charge < -0.3 is 10.4 Å². The number of aliphatic hydroxyl groups is 1. The van der Waals surface area contributed by atoms with Crippen LogP contribution in [0.25, 0.3) is 0 Å². The van der Waals surface area contributed by atoms with E-state index in [0.29, 0.717) is 18.9 Å². The fraction of sp³-hybridized carbons (Fsp3) is 0.571. The van der Waals surface area contributed by atoms with Crippen molar-refractivity contribution in [3.63, 3.8) is 0 Å². The Hall–Kier alpha value is -1.07. The van der Waals surface area contributed by atoms with Crippen LogP contribution in [0.1, 0.15) is 31.2 Å². The zero-order valence-electron chi connectivity index (χ0n) is 10.4. The van der Waals surface area contributed by atoms with E-state index >= 15 is 0 Å². The Balaban J connectivity index is 1.83. The van der Waals surface area contributed by atoms with Crippen LogP contribution in [0, 0.1) is 17.5 Å². The van der Waals surface area contributed by atoms with Crippen LogP contribution in [0.15, 0.2) is 12.1 Å². The zero-order chi connectivity index (χ0) is 13.6. The van der Waals surface area contributed by atoms with Crippen molar-refractivity contribution in [3.05, 3.63) is 35.1 Å². The number of fused-ring (bicyclic) bond motifs is 2. The molecule has 2 saturated heterocycles. The van der Waals surface area contributed by atoms with Crippen LogP contribution in [-0.2, 0) is 6.42 Å². The molecular weight excluding hydrogens is 255 g/mol. The summed E-state index contributed by atoms with van der Waals surface area (Å²) in [6, 6.07) is 1.89. The average Bonchev–Trinajstić information content (AvgIpc) is 2.66. The summed E-state index contributed by atoms with van der Waals surface area (Å²) in [6.45, 7) is 0. The first kappa shape index (κ1) is 12.9. The Morgan fingerprint density at radius 1 is 1.05 bits per heavy atom. The maximum absolute atomic E-state index is 13.6. The van der Waals surface area contributed by atoms with Crippen molar-refractivity contribution < 1.29 is 18.3 Å². The molecule has 0 saturated carbocycles. The number of nitrogens with one attached hydrogen (secondary N) is 1. The van der Waals surface area contributed by atoms with Gasteiger partial charge in [0.15, 0.2) is 11.6 Å². The number of benzene rings is 1. The first-order valence-electron chi connectivity index (χ1n) is 6.57. The Morgan fingerprint density at radius 2 is 1.63 bits per heavy atom. The molecule has 0 aromatic heterocycles. The predicted octanol–water partition coefficient (Wildman–Crippen LogP) is 2.29. The third kappa shape index (κ3) is 2.49. The Kier molecular flexibility index (Phi) is 3.06. The molecular formula is C14H16F3NO. The number of hydrogen-bond acceptors (Lipinski definition) is 2. The zero-order valence-corrected chi connectivity index (χ0v) is 10.4. The summed E-state index contributed by atoms with van der Waals surface area (Å²) in [5, 5.41) is 13.9. The second-order valence-electron chi connectivity index (χ2n) is 5.80. The molecule has 2 atom stereocenters. The maximum atomic E-state index is 13.6. The van der Waals surface area contributed by atoms with E-state index in [1.807, 2.05) is 0 Å². The lowest BCUT2D eigenvalue weighted by Crippen LogP contribution is -2.49. The van der Waals surface area contributed by atoms with Crippen LogP contribution >= 0.6 is 0 Å². The summed E-state index contributed by atoms with van der Waals surface area (Å²) >= 11 is 0. The van der Waals surface area contributed by atoms with Crippen LogP contribution in [-0.4, -0.2) is 22.8 Å². The molecule has 1 aromatic carbocycles. The molecule has 2 aliphatic heterocycles. The molecule has 2 fully saturated rings. The first-order valence-corrected chi connectivity index (χ1v) is 6.57. The standard InChI is InChI=1S/C14H16F3NO/c15-11-4-13(17)12(16)3-8(11)5-14(19)6-9-1-2-10(7-14)18-9/h3-4,9-10,18-19H,1-2,5-7H2. The van der Waals surface area contributed by atoms with Crippen LogP contribution < -0.4 is 5.32 Å². The highest BCUT2D eigenvalue weighted by Crippen LogP contribution is 2.36. The molecule has 2 aliphatic rings. The minimum absolute atomic E-state index is 0.0325. The fourth-order valence-corrected chi connectivity index (χ4v) is 3.42. The molecule has 19 heavy (non-hydrogen) atoms. The van der Waals surface area contributed by atoms with E-state index in [0.717, 1.165) is 18.9 Å². The minimum atomic E-state index is -1.20. The molecule has 0 aliphatic carbocycles. The number of piperidine rings is 1. The van der Waals surface area contributed by atoms with Gasteiger partial charge in [-0.1, -0.05) is 0 Å². The summed E-state index contributed by atoms with van der Waals surface area (Å²) in [5.74, 6) is -3.06. The monoisotopic (exact) mass is 271 g/mol. The summed E-state index contributed by atoms with van der Waals surface area (Å²) in [7, 11) is 0. The predicted molar refractivity (Wildman–Crippen MR) is 64.1 cm³/mol. The van der Waals surface area contributed by atoms with Crippen molar-refractivity contribution in [1.29, 1.82) is 0 Å². The third-order valence-corrected chi connectivity index (χ3v) is 4.20. The van der Waals surface area contributed by atoms with Crippen LogP contribution in [0.4, 0.5) is 13.2 Å². The molecule has 0 radical (unpaired) electrons. The lowest BCUT2D eigenvalue weighted by Gasteiger charge is -2.37. The van der Waals surface area contributed by atoms with Crippen molar-refractivity contribution in [2.24, 2.45) is 0 Å². The largest absolute Gasteiger partial charge is 0.389 e. The van der Waals surface area contributed by atoms with Gasteiger partial charge in [-0.2, -0.15) is 0 Å². The molecule has 3 rings (SSSR count). The lowest BCUT2D eigenvalue weighted by molar-refractivity contribution is -0.00681. The number of rotatable bonds is 2. The summed E-state index contributed by atoms with van der Waals surface area (Å²) in [6.07, 6.45) is 3.11. The molecule has 2 unspecified atom stereocenters. The summed E-state index contributed by atoms with van der Waals surface area (Å²) < 4.78 is 39.7. The third-order valence-electron chi connectivity index (χ3n) is 4.20. The second kappa shape index (κ2) is 4.49. The van der Waals surface area contributed by atoms with Gasteiger partial charge in [-0.25, -0.2) is 13.2 Å². The molecule has 2 nitrogen and oxygen atoms in total. The van der Waals surface area contributed by atoms with Crippen LogP contribution in [0.5, 0.6) is 0 Å². The highest BCUT2D eigenvalue weighted by atomic mass is 19.2. The van der Waals surface area contributed by atoms with Gasteiger partial charge in [0.25, 0.3) is 0 Å². The van der Waals surface area contributed by atoms with Crippen molar-refractivity contribution in [1.82, 2.24) is 5.32 Å². The topological polar surface area (TPSA) is 32.3 Å². The van der Waals surface area contributed by atoms with E-state index in [1.54, 1.807) is 0 Å². The molecule has 2 heterocycles. The maximum Gasteiger partial charge on any atom is 0.161 e. The second-order valence-corrected chi connectivity index (χ2v) is 5.80. The van der Waals surface area contributed by atoms with Gasteiger partial charge >= 0.3 is 0 Å². The average molecular weight is 271 g/mol. The molecule has 2 bridgehead atoms. The van der Waals surface area contributed by atoms with E-state index in [9.17, 15) is 18.3 Å². The van der Waals surface area contributed by atoms with E-state index in [2.05, 4.69) is 5.32 Å². The quantitative estimate of drug-likeness (QED) is 0.809. The molecule has 2 N–H and O–H groups in total. The van der Waals surface area contributed by atoms with Gasteiger partial charge in [0.2, 0.25) is 0 Å². The summed E-state index contributed by atoms with van der Waals surface area (Å²) in [5.41, 5.74) is -0.981. The van der Waals surface area contributed by atoms with Crippen molar-refractivity contribution in [2.75, 3.05) is 0 Å². The highest BCUT2D eigenvalue weighted by molar-refractivity contribution is 5.23. The number of hydrogen-bond donors (Lipinski definition) is 2. The summed E-state index contributed by atoms with van der Waals surface area (Å²) in [4.78, 5) is 0. The highest BCUT2D eigenvalue weighted by Gasteiger charge is 2.42. The fourth-order valence-electron chi connectivity index (χ4n) is 3.42. The van der Waals surface area contributed by atoms with Crippen molar-refractivity contribution >= 4 is 0 Å². The molecule has 1 aromatic rings.